The minimum atomic E-state index is -4.05. The van der Waals surface area contributed by atoms with Crippen molar-refractivity contribution in [3.05, 3.63) is 0 Å². The largest absolute Gasteiger partial charge is 0.392 e. The number of ether oxygens (including phenoxy) is 1. The molecule has 2 unspecified atom stereocenters. The summed E-state index contributed by atoms with van der Waals surface area (Å²) in [7, 11) is -2.59. The van der Waals surface area contributed by atoms with E-state index in [9.17, 15) is 18.6 Å². The molecule has 110 valence electrons. The number of hydrogen-bond donors (Lipinski definition) is 3. The lowest BCUT2D eigenvalue weighted by Crippen LogP contribution is -2.41. The van der Waals surface area contributed by atoms with E-state index in [0.717, 1.165) is 0 Å². The highest BCUT2D eigenvalue weighted by Crippen LogP contribution is 2.00. The highest BCUT2D eigenvalue weighted by molar-refractivity contribution is 7.85. The van der Waals surface area contributed by atoms with Gasteiger partial charge >= 0.3 is 0 Å². The molecule has 0 fully saturated rings. The Balaban J connectivity index is 4.32. The van der Waals surface area contributed by atoms with E-state index in [4.69, 9.17) is 9.29 Å². The number of nitrogens with zero attached hydrogens (tertiary/aromatic N) is 1. The first-order valence-electron chi connectivity index (χ1n) is 5.81. The molecule has 0 rings (SSSR count). The van der Waals surface area contributed by atoms with Crippen molar-refractivity contribution in [1.82, 2.24) is 4.90 Å². The van der Waals surface area contributed by atoms with Gasteiger partial charge < -0.3 is 14.9 Å². The molecule has 0 amide bonds. The molecular weight excluding hydrogens is 262 g/mol. The topological polar surface area (TPSA) is 107 Å². The smallest absolute Gasteiger partial charge is 0.266 e. The molecule has 0 saturated carbocycles. The van der Waals surface area contributed by atoms with Crippen LogP contribution in [0.2, 0.25) is 0 Å². The molecule has 7 nitrogen and oxygen atoms in total. The van der Waals surface area contributed by atoms with Gasteiger partial charge in [0.2, 0.25) is 0 Å². The second-order valence-electron chi connectivity index (χ2n) is 4.22. The van der Waals surface area contributed by atoms with E-state index in [0.29, 0.717) is 6.42 Å². The molecular formula is C10H23NO6S. The number of rotatable bonds is 10. The molecule has 0 heterocycles. The first-order chi connectivity index (χ1) is 8.28. The number of aliphatic hydroxyl groups excluding tert-OH is 2. The van der Waals surface area contributed by atoms with E-state index in [1.165, 1.54) is 7.11 Å². The van der Waals surface area contributed by atoms with Crippen LogP contribution in [0.4, 0.5) is 0 Å². The van der Waals surface area contributed by atoms with Gasteiger partial charge in [0.25, 0.3) is 10.1 Å². The van der Waals surface area contributed by atoms with Crippen LogP contribution >= 0.6 is 0 Å². The maximum absolute atomic E-state index is 10.7. The van der Waals surface area contributed by atoms with Crippen molar-refractivity contribution < 1.29 is 27.9 Å². The lowest BCUT2D eigenvalue weighted by atomic mass is 10.2. The molecule has 0 saturated heterocycles. The zero-order valence-corrected chi connectivity index (χ0v) is 11.6. The minimum absolute atomic E-state index is 0.0522. The highest BCUT2D eigenvalue weighted by atomic mass is 32.2. The molecule has 8 heteroatoms. The van der Waals surface area contributed by atoms with E-state index < -0.39 is 28.1 Å². The first kappa shape index (κ1) is 17.8. The van der Waals surface area contributed by atoms with Crippen LogP contribution in [0.25, 0.3) is 0 Å². The Kier molecular flexibility index (Phi) is 8.66. The quantitative estimate of drug-likeness (QED) is 0.440. The molecule has 0 bridgehead atoms. The van der Waals surface area contributed by atoms with Gasteiger partial charge in [-0.15, -0.1) is 0 Å². The Morgan fingerprint density at radius 2 is 1.78 bits per heavy atom. The molecule has 0 aromatic rings. The van der Waals surface area contributed by atoms with E-state index in [1.807, 2.05) is 0 Å². The van der Waals surface area contributed by atoms with Crippen LogP contribution in [0.5, 0.6) is 0 Å². The van der Waals surface area contributed by atoms with Gasteiger partial charge in [-0.1, -0.05) is 6.92 Å². The van der Waals surface area contributed by atoms with Crippen LogP contribution in [0.1, 0.15) is 13.3 Å². The van der Waals surface area contributed by atoms with Gasteiger partial charge in [-0.3, -0.25) is 9.45 Å². The second-order valence-corrected chi connectivity index (χ2v) is 5.79. The predicted octanol–water partition coefficient (Wildman–Crippen LogP) is -1.05. The fraction of sp³-hybridized carbons (Fsp3) is 1.00. The summed E-state index contributed by atoms with van der Waals surface area (Å²) < 4.78 is 34.8. The molecule has 0 aliphatic carbocycles. The van der Waals surface area contributed by atoms with Gasteiger partial charge in [-0.2, -0.15) is 8.42 Å². The molecule has 0 radical (unpaired) electrons. The summed E-state index contributed by atoms with van der Waals surface area (Å²) in [6.07, 6.45) is -0.829. The van der Waals surface area contributed by atoms with Gasteiger partial charge in [0.05, 0.1) is 24.6 Å². The second kappa shape index (κ2) is 8.78. The third kappa shape index (κ3) is 9.75. The third-order valence-corrected chi connectivity index (χ3v) is 3.13. The fourth-order valence-electron chi connectivity index (χ4n) is 1.47. The molecule has 0 aliphatic rings. The van der Waals surface area contributed by atoms with Crippen LogP contribution in [0.3, 0.4) is 0 Å². The van der Waals surface area contributed by atoms with Gasteiger partial charge in [0.15, 0.2) is 0 Å². The van der Waals surface area contributed by atoms with Crippen molar-refractivity contribution in [3.8, 4) is 0 Å². The van der Waals surface area contributed by atoms with Crippen LogP contribution in [-0.4, -0.2) is 79.4 Å². The van der Waals surface area contributed by atoms with E-state index in [1.54, 1.807) is 11.8 Å². The van der Waals surface area contributed by atoms with E-state index in [2.05, 4.69) is 0 Å². The normalized spacial score (nSPS) is 15.9. The van der Waals surface area contributed by atoms with Crippen molar-refractivity contribution in [2.24, 2.45) is 0 Å². The average molecular weight is 285 g/mol. The van der Waals surface area contributed by atoms with Crippen molar-refractivity contribution in [1.29, 1.82) is 0 Å². The summed E-state index contributed by atoms with van der Waals surface area (Å²) in [6, 6.07) is 0. The molecule has 0 aromatic carbocycles. The van der Waals surface area contributed by atoms with Crippen molar-refractivity contribution in [3.63, 3.8) is 0 Å². The molecule has 0 aromatic heterocycles. The van der Waals surface area contributed by atoms with Gasteiger partial charge in [-0.25, -0.2) is 0 Å². The SMILES string of the molecule is CCC(O)CN(CCS(=O)(=O)O)CC(O)COC. The predicted molar refractivity (Wildman–Crippen MR) is 67.0 cm³/mol. The Bertz CT molecular complexity index is 307. The van der Waals surface area contributed by atoms with E-state index in [-0.39, 0.29) is 26.2 Å². The van der Waals surface area contributed by atoms with Crippen LogP contribution in [0.15, 0.2) is 0 Å². The summed E-state index contributed by atoms with van der Waals surface area (Å²) >= 11 is 0. The Morgan fingerprint density at radius 3 is 2.22 bits per heavy atom. The lowest BCUT2D eigenvalue weighted by Gasteiger charge is -2.26. The molecule has 18 heavy (non-hydrogen) atoms. The molecule has 0 aliphatic heterocycles. The Morgan fingerprint density at radius 1 is 1.22 bits per heavy atom. The van der Waals surface area contributed by atoms with Crippen molar-refractivity contribution in [2.75, 3.05) is 39.1 Å². The zero-order chi connectivity index (χ0) is 14.2. The molecule has 2 atom stereocenters. The summed E-state index contributed by atoms with van der Waals surface area (Å²) in [5.41, 5.74) is 0. The summed E-state index contributed by atoms with van der Waals surface area (Å²) in [4.78, 5) is 1.59. The van der Waals surface area contributed by atoms with Gasteiger partial charge in [0, 0.05) is 26.7 Å². The van der Waals surface area contributed by atoms with Crippen LogP contribution in [0, 0.1) is 0 Å². The lowest BCUT2D eigenvalue weighted by molar-refractivity contribution is 0.0256. The van der Waals surface area contributed by atoms with Crippen LogP contribution in [-0.2, 0) is 14.9 Å². The molecule has 3 N–H and O–H groups in total. The minimum Gasteiger partial charge on any atom is -0.392 e. The summed E-state index contributed by atoms with van der Waals surface area (Å²) in [6.45, 7) is 2.41. The number of methoxy groups -OCH3 is 1. The maximum Gasteiger partial charge on any atom is 0.266 e. The van der Waals surface area contributed by atoms with Crippen LogP contribution < -0.4 is 0 Å². The number of hydrogen-bond acceptors (Lipinski definition) is 6. The maximum atomic E-state index is 10.7. The Hall–Kier alpha value is -0.250. The highest BCUT2D eigenvalue weighted by Gasteiger charge is 2.17. The Labute approximate surface area is 108 Å². The fourth-order valence-corrected chi connectivity index (χ4v) is 1.96. The van der Waals surface area contributed by atoms with Crippen molar-refractivity contribution >= 4 is 10.1 Å². The molecule has 0 spiro atoms. The average Bonchev–Trinajstić information content (AvgIpc) is 2.25. The standard InChI is InChI=1S/C10H23NO6S/c1-3-9(12)6-11(4-5-18(14,15)16)7-10(13)8-17-2/h9-10,12-13H,3-8H2,1-2H3,(H,14,15,16). The number of aliphatic hydroxyl groups is 2. The summed E-state index contributed by atoms with van der Waals surface area (Å²) in [5.74, 6) is -0.427. The summed E-state index contributed by atoms with van der Waals surface area (Å²) in [5, 5.41) is 19.1. The third-order valence-electron chi connectivity index (χ3n) is 2.43. The van der Waals surface area contributed by atoms with E-state index >= 15 is 0 Å². The zero-order valence-electron chi connectivity index (χ0n) is 10.8. The monoisotopic (exact) mass is 285 g/mol. The van der Waals surface area contributed by atoms with Gasteiger partial charge in [-0.05, 0) is 6.42 Å². The first-order valence-corrected chi connectivity index (χ1v) is 7.42. The van der Waals surface area contributed by atoms with Gasteiger partial charge in [0.1, 0.15) is 0 Å². The van der Waals surface area contributed by atoms with Crippen molar-refractivity contribution in [2.45, 2.75) is 25.6 Å².